The summed E-state index contributed by atoms with van der Waals surface area (Å²) in [7, 11) is 1.59. The number of benzene rings is 1. The third-order valence-corrected chi connectivity index (χ3v) is 3.02. The molecule has 0 N–H and O–H groups in total. The van der Waals surface area contributed by atoms with Gasteiger partial charge in [0.05, 0.1) is 0 Å². The number of carbonyl (C=O) groups is 1. The van der Waals surface area contributed by atoms with Gasteiger partial charge in [-0.25, -0.2) is 9.78 Å². The number of ether oxygens (including phenoxy) is 3. The first-order chi connectivity index (χ1) is 10.7. The molecule has 1 aromatic carbocycles. The second kappa shape index (κ2) is 6.17. The van der Waals surface area contributed by atoms with Crippen molar-refractivity contribution in [1.82, 2.24) is 4.98 Å². The predicted octanol–water partition coefficient (Wildman–Crippen LogP) is 3.23. The van der Waals surface area contributed by atoms with Crippen LogP contribution in [0.25, 0.3) is 0 Å². The molecule has 3 rings (SSSR count). The molecular weight excluding hydrogens is 284 g/mol. The Balaban J connectivity index is 1.72. The van der Waals surface area contributed by atoms with Gasteiger partial charge >= 0.3 is 6.09 Å². The highest BCUT2D eigenvalue weighted by Gasteiger charge is 2.20. The van der Waals surface area contributed by atoms with Crippen LogP contribution in [0.4, 0.5) is 10.6 Å². The number of amides is 1. The van der Waals surface area contributed by atoms with Crippen molar-refractivity contribution < 1.29 is 19.0 Å². The third kappa shape index (κ3) is 3.01. The molecule has 0 saturated carbocycles. The number of aromatic nitrogens is 1. The van der Waals surface area contributed by atoms with Crippen molar-refractivity contribution in [3.63, 3.8) is 0 Å². The van der Waals surface area contributed by atoms with Gasteiger partial charge in [-0.15, -0.1) is 0 Å². The molecule has 1 amide bonds. The number of nitrogens with zero attached hydrogens (tertiary/aromatic N) is 2. The fourth-order valence-corrected chi connectivity index (χ4v) is 1.89. The molecule has 1 aliphatic heterocycles. The van der Waals surface area contributed by atoms with Gasteiger partial charge in [0, 0.05) is 7.05 Å². The van der Waals surface area contributed by atoms with E-state index in [4.69, 9.17) is 14.2 Å². The van der Waals surface area contributed by atoms with Crippen LogP contribution in [0.15, 0.2) is 61.1 Å². The van der Waals surface area contributed by atoms with Crippen LogP contribution in [0.1, 0.15) is 12.0 Å². The Morgan fingerprint density at radius 2 is 1.82 bits per heavy atom. The van der Waals surface area contributed by atoms with Crippen LogP contribution in [0, 0.1) is 0 Å². The maximum absolute atomic E-state index is 12.1. The monoisotopic (exact) mass is 298 g/mol. The van der Waals surface area contributed by atoms with Gasteiger partial charge in [-0.05, 0) is 24.3 Å². The van der Waals surface area contributed by atoms with Gasteiger partial charge in [-0.2, -0.15) is 0 Å². The zero-order valence-corrected chi connectivity index (χ0v) is 11.9. The topological polar surface area (TPSA) is 60.9 Å². The molecule has 0 radical (unpaired) electrons. The Labute approximate surface area is 127 Å². The van der Waals surface area contributed by atoms with E-state index < -0.39 is 12.4 Å². The molecule has 0 atom stereocenters. The first-order valence-electron chi connectivity index (χ1n) is 6.67. The number of anilines is 1. The van der Waals surface area contributed by atoms with E-state index in [2.05, 4.69) is 4.98 Å². The summed E-state index contributed by atoms with van der Waals surface area (Å²) in [5, 5.41) is 0. The molecule has 1 aliphatic rings. The lowest BCUT2D eigenvalue weighted by Crippen LogP contribution is -2.30. The summed E-state index contributed by atoms with van der Waals surface area (Å²) < 4.78 is 15.7. The fraction of sp³-hybridized carbons (Fsp3) is 0.125. The Morgan fingerprint density at radius 3 is 2.55 bits per heavy atom. The summed E-state index contributed by atoms with van der Waals surface area (Å²) in [6.07, 6.45) is 1.79. The molecule has 6 heteroatoms. The highest BCUT2D eigenvalue weighted by molar-refractivity contribution is 5.87. The minimum Gasteiger partial charge on any atom is -0.454 e. The van der Waals surface area contributed by atoms with Crippen LogP contribution < -0.4 is 9.64 Å². The molecule has 0 spiro atoms. The van der Waals surface area contributed by atoms with E-state index in [1.54, 1.807) is 49.5 Å². The molecule has 0 unspecified atom stereocenters. The van der Waals surface area contributed by atoms with E-state index in [1.165, 1.54) is 17.4 Å². The van der Waals surface area contributed by atoms with Gasteiger partial charge < -0.3 is 14.2 Å². The summed E-state index contributed by atoms with van der Waals surface area (Å²) in [5.41, 5.74) is 0.571. The molecule has 6 nitrogen and oxygen atoms in total. The lowest BCUT2D eigenvalue weighted by Gasteiger charge is -2.17. The Morgan fingerprint density at radius 1 is 1.09 bits per heavy atom. The molecular formula is C16H14N2O4. The molecule has 1 aromatic heterocycles. The molecule has 2 heterocycles. The predicted molar refractivity (Wildman–Crippen MR) is 79.2 cm³/mol. The SMILES string of the molecule is CN(C(=O)Oc1ccccc1)c1cccc(C2OC=CO2)n1. The highest BCUT2D eigenvalue weighted by atomic mass is 16.7. The van der Waals surface area contributed by atoms with Crippen molar-refractivity contribution >= 4 is 11.9 Å². The molecule has 0 bridgehead atoms. The number of rotatable bonds is 3. The lowest BCUT2D eigenvalue weighted by atomic mass is 10.3. The minimum absolute atomic E-state index is 0.442. The number of hydrogen-bond donors (Lipinski definition) is 0. The van der Waals surface area contributed by atoms with Crippen LogP contribution in [-0.2, 0) is 9.47 Å². The largest absolute Gasteiger partial charge is 0.454 e. The van der Waals surface area contributed by atoms with Crippen LogP contribution in [0.3, 0.4) is 0 Å². The second-order valence-electron chi connectivity index (χ2n) is 4.54. The average Bonchev–Trinajstić information content (AvgIpc) is 3.10. The van der Waals surface area contributed by atoms with Gasteiger partial charge in [-0.1, -0.05) is 24.3 Å². The van der Waals surface area contributed by atoms with E-state index in [-0.39, 0.29) is 0 Å². The first kappa shape index (κ1) is 13.9. The van der Waals surface area contributed by atoms with Gasteiger partial charge in [0.15, 0.2) is 0 Å². The zero-order valence-electron chi connectivity index (χ0n) is 11.9. The van der Waals surface area contributed by atoms with Crippen molar-refractivity contribution in [1.29, 1.82) is 0 Å². The molecule has 0 saturated heterocycles. The van der Waals surface area contributed by atoms with Gasteiger partial charge in [0.2, 0.25) is 0 Å². The summed E-state index contributed by atoms with van der Waals surface area (Å²) in [6, 6.07) is 14.1. The smallest absolute Gasteiger partial charge is 0.420 e. The van der Waals surface area contributed by atoms with E-state index in [9.17, 15) is 4.79 Å². The zero-order chi connectivity index (χ0) is 15.4. The van der Waals surface area contributed by atoms with Gasteiger partial charge in [-0.3, -0.25) is 4.90 Å². The Bertz CT molecular complexity index is 680. The first-order valence-corrected chi connectivity index (χ1v) is 6.67. The maximum atomic E-state index is 12.1. The number of pyridine rings is 1. The molecule has 2 aromatic rings. The van der Waals surface area contributed by atoms with Crippen molar-refractivity contribution in [2.45, 2.75) is 6.29 Å². The second-order valence-corrected chi connectivity index (χ2v) is 4.54. The van der Waals surface area contributed by atoms with Crippen molar-refractivity contribution in [2.24, 2.45) is 0 Å². The van der Waals surface area contributed by atoms with E-state index in [0.717, 1.165) is 0 Å². The van der Waals surface area contributed by atoms with Crippen molar-refractivity contribution in [3.05, 3.63) is 66.7 Å². The third-order valence-electron chi connectivity index (χ3n) is 3.02. The average molecular weight is 298 g/mol. The molecule has 0 aliphatic carbocycles. The van der Waals surface area contributed by atoms with Crippen LogP contribution in [-0.4, -0.2) is 18.1 Å². The fourth-order valence-electron chi connectivity index (χ4n) is 1.89. The Kier molecular flexibility index (Phi) is 3.91. The Hall–Kier alpha value is -3.02. The van der Waals surface area contributed by atoms with Crippen molar-refractivity contribution in [3.8, 4) is 5.75 Å². The number of para-hydroxylation sites is 1. The normalized spacial score (nSPS) is 13.3. The summed E-state index contributed by atoms with van der Waals surface area (Å²) >= 11 is 0. The summed E-state index contributed by atoms with van der Waals surface area (Å²) in [5.74, 6) is 0.916. The standard InChI is InChI=1S/C16H14N2O4/c1-18(16(19)22-12-6-3-2-4-7-12)14-9-5-8-13(17-14)15-20-10-11-21-15/h2-11,15H,1H3. The molecule has 0 fully saturated rings. The van der Waals surface area contributed by atoms with Crippen molar-refractivity contribution in [2.75, 3.05) is 11.9 Å². The quantitative estimate of drug-likeness (QED) is 0.870. The molecule has 22 heavy (non-hydrogen) atoms. The minimum atomic E-state index is -0.585. The summed E-state index contributed by atoms with van der Waals surface area (Å²) in [6.45, 7) is 0. The van der Waals surface area contributed by atoms with Crippen LogP contribution in [0.5, 0.6) is 5.75 Å². The van der Waals surface area contributed by atoms with E-state index >= 15 is 0 Å². The number of carbonyl (C=O) groups excluding carboxylic acids is 1. The lowest BCUT2D eigenvalue weighted by molar-refractivity contribution is -0.0278. The maximum Gasteiger partial charge on any atom is 0.420 e. The molecule has 112 valence electrons. The van der Waals surface area contributed by atoms with E-state index in [1.807, 2.05) is 6.07 Å². The van der Waals surface area contributed by atoms with Gasteiger partial charge in [0.1, 0.15) is 29.8 Å². The van der Waals surface area contributed by atoms with Gasteiger partial charge in [0.25, 0.3) is 6.29 Å². The number of hydrogen-bond acceptors (Lipinski definition) is 5. The highest BCUT2D eigenvalue weighted by Crippen LogP contribution is 2.24. The summed E-state index contributed by atoms with van der Waals surface area (Å²) in [4.78, 5) is 17.8. The van der Waals surface area contributed by atoms with Crippen LogP contribution >= 0.6 is 0 Å². The van der Waals surface area contributed by atoms with Crippen LogP contribution in [0.2, 0.25) is 0 Å². The van der Waals surface area contributed by atoms with E-state index in [0.29, 0.717) is 17.3 Å².